The molecule has 0 unspecified atom stereocenters. The van der Waals surface area contributed by atoms with E-state index in [0.717, 1.165) is 0 Å². The number of carbonyl (C=O) groups is 1. The van der Waals surface area contributed by atoms with Gasteiger partial charge >= 0.3 is 0 Å². The lowest BCUT2D eigenvalue weighted by Crippen LogP contribution is -2.39. The van der Waals surface area contributed by atoms with E-state index in [1.54, 1.807) is 18.2 Å². The second-order valence-electron chi connectivity index (χ2n) is 5.66. The number of nitro groups is 2. The monoisotopic (exact) mass is 354 g/mol. The van der Waals surface area contributed by atoms with E-state index in [1.165, 1.54) is 42.5 Å². The number of ketones is 1. The van der Waals surface area contributed by atoms with Crippen molar-refractivity contribution in [3.8, 4) is 0 Å². The van der Waals surface area contributed by atoms with Crippen LogP contribution in [0.2, 0.25) is 0 Å². The molecule has 2 N–H and O–H groups in total. The van der Waals surface area contributed by atoms with Crippen molar-refractivity contribution in [2.75, 3.05) is 10.6 Å². The van der Waals surface area contributed by atoms with Gasteiger partial charge in [-0.25, -0.2) is 0 Å². The van der Waals surface area contributed by atoms with Gasteiger partial charge in [-0.3, -0.25) is 25.0 Å². The maximum atomic E-state index is 12.1. The molecule has 9 heteroatoms. The summed E-state index contributed by atoms with van der Waals surface area (Å²) >= 11 is 0. The van der Waals surface area contributed by atoms with Crippen LogP contribution in [0.25, 0.3) is 0 Å². The number of nitrogens with one attached hydrogen (secondary N) is 2. The van der Waals surface area contributed by atoms with E-state index in [-0.39, 0.29) is 23.2 Å². The number of non-ortho nitro benzene ring substituents is 2. The van der Waals surface area contributed by atoms with Crippen LogP contribution in [-0.2, 0) is 4.79 Å². The highest BCUT2D eigenvalue weighted by atomic mass is 16.6. The van der Waals surface area contributed by atoms with Crippen molar-refractivity contribution >= 4 is 28.5 Å². The molecule has 2 aromatic carbocycles. The van der Waals surface area contributed by atoms with Gasteiger partial charge in [0.1, 0.15) is 6.04 Å². The minimum atomic E-state index is -0.591. The van der Waals surface area contributed by atoms with Gasteiger partial charge in [-0.2, -0.15) is 0 Å². The smallest absolute Gasteiger partial charge is 0.269 e. The highest BCUT2D eigenvalue weighted by Crippen LogP contribution is 2.22. The molecule has 3 rings (SSSR count). The zero-order valence-electron chi connectivity index (χ0n) is 13.4. The van der Waals surface area contributed by atoms with E-state index in [1.807, 2.05) is 0 Å². The Labute approximate surface area is 147 Å². The summed E-state index contributed by atoms with van der Waals surface area (Å²) in [6.07, 6.45) is 3.15. The minimum Gasteiger partial charge on any atom is -0.376 e. The number of rotatable bonds is 6. The summed E-state index contributed by atoms with van der Waals surface area (Å²) in [4.78, 5) is 32.5. The number of hydrogen-bond acceptors (Lipinski definition) is 7. The number of anilines is 2. The van der Waals surface area contributed by atoms with Gasteiger partial charge in [-0.1, -0.05) is 6.08 Å². The third-order valence-electron chi connectivity index (χ3n) is 3.95. The lowest BCUT2D eigenvalue weighted by molar-refractivity contribution is -0.385. The first-order valence-corrected chi connectivity index (χ1v) is 7.68. The second-order valence-corrected chi connectivity index (χ2v) is 5.66. The summed E-state index contributed by atoms with van der Waals surface area (Å²) in [6, 6.07) is 10.7. The Kier molecular flexibility index (Phi) is 4.61. The van der Waals surface area contributed by atoms with Crippen molar-refractivity contribution in [3.63, 3.8) is 0 Å². The van der Waals surface area contributed by atoms with Gasteiger partial charge in [0.15, 0.2) is 5.78 Å². The largest absolute Gasteiger partial charge is 0.376 e. The highest BCUT2D eigenvalue weighted by Gasteiger charge is 2.30. The zero-order chi connectivity index (χ0) is 18.7. The number of nitrogens with zero attached hydrogens (tertiary/aromatic N) is 2. The lowest BCUT2D eigenvalue weighted by Gasteiger charge is -2.22. The molecule has 0 bridgehead atoms. The summed E-state index contributed by atoms with van der Waals surface area (Å²) in [5.41, 5.74) is 1.16. The lowest BCUT2D eigenvalue weighted by atomic mass is 10.1. The minimum absolute atomic E-state index is 0.0193. The molecular weight excluding hydrogens is 340 g/mol. The first-order chi connectivity index (χ1) is 12.4. The third-order valence-corrected chi connectivity index (χ3v) is 3.95. The molecule has 26 heavy (non-hydrogen) atoms. The number of nitro benzene ring substituents is 2. The van der Waals surface area contributed by atoms with E-state index in [2.05, 4.69) is 10.6 Å². The summed E-state index contributed by atoms with van der Waals surface area (Å²) in [5.74, 6) is -0.136. The van der Waals surface area contributed by atoms with E-state index in [0.29, 0.717) is 11.4 Å². The molecule has 0 fully saturated rings. The van der Waals surface area contributed by atoms with Crippen molar-refractivity contribution < 1.29 is 14.6 Å². The van der Waals surface area contributed by atoms with Gasteiger partial charge in [0.2, 0.25) is 0 Å². The molecule has 9 nitrogen and oxygen atoms in total. The maximum absolute atomic E-state index is 12.1. The molecule has 132 valence electrons. The molecule has 0 saturated heterocycles. The Balaban J connectivity index is 1.70. The molecule has 0 amide bonds. The maximum Gasteiger partial charge on any atom is 0.269 e. The summed E-state index contributed by atoms with van der Waals surface area (Å²) in [5, 5.41) is 27.6. The fraction of sp³-hybridized carbons (Fsp3) is 0.118. The average molecular weight is 354 g/mol. The normalized spacial score (nSPS) is 18.5. The van der Waals surface area contributed by atoms with Gasteiger partial charge in [0, 0.05) is 35.6 Å². The van der Waals surface area contributed by atoms with Gasteiger partial charge < -0.3 is 10.6 Å². The Morgan fingerprint density at radius 1 is 0.769 bits per heavy atom. The molecule has 0 radical (unpaired) electrons. The SMILES string of the molecule is O=C1C=C[C@H](Nc2ccc([N+](=O)[O-])cc2)[C@H]1Nc1ccc([N+](=O)[O-])cc1. The van der Waals surface area contributed by atoms with Crippen LogP contribution in [0.15, 0.2) is 60.7 Å². The van der Waals surface area contributed by atoms with E-state index in [9.17, 15) is 25.0 Å². The van der Waals surface area contributed by atoms with E-state index < -0.39 is 15.9 Å². The first-order valence-electron chi connectivity index (χ1n) is 7.68. The van der Waals surface area contributed by atoms with Crippen molar-refractivity contribution in [3.05, 3.63) is 80.9 Å². The third kappa shape index (κ3) is 3.66. The van der Waals surface area contributed by atoms with Crippen LogP contribution in [0.4, 0.5) is 22.7 Å². The molecule has 1 aliphatic rings. The average Bonchev–Trinajstić information content (AvgIpc) is 2.96. The highest BCUT2D eigenvalue weighted by molar-refractivity contribution is 6.00. The summed E-state index contributed by atoms with van der Waals surface area (Å²) in [6.45, 7) is 0. The van der Waals surface area contributed by atoms with Crippen molar-refractivity contribution in [2.45, 2.75) is 12.1 Å². The molecule has 0 heterocycles. The molecule has 0 aromatic heterocycles. The van der Waals surface area contributed by atoms with Crippen LogP contribution in [-0.4, -0.2) is 27.7 Å². The predicted octanol–water partition coefficient (Wildman–Crippen LogP) is 2.90. The molecular formula is C17H14N4O5. The second kappa shape index (κ2) is 7.01. The number of hydrogen-bond donors (Lipinski definition) is 2. The number of benzene rings is 2. The van der Waals surface area contributed by atoms with Crippen LogP contribution in [0.3, 0.4) is 0 Å². The van der Waals surface area contributed by atoms with Crippen LogP contribution in [0.1, 0.15) is 0 Å². The van der Waals surface area contributed by atoms with Crippen LogP contribution in [0.5, 0.6) is 0 Å². The van der Waals surface area contributed by atoms with E-state index >= 15 is 0 Å². The van der Waals surface area contributed by atoms with Crippen molar-refractivity contribution in [1.29, 1.82) is 0 Å². The van der Waals surface area contributed by atoms with Crippen LogP contribution in [0, 0.1) is 20.2 Å². The van der Waals surface area contributed by atoms with Gasteiger partial charge in [-0.05, 0) is 30.3 Å². The molecule has 0 aliphatic heterocycles. The Morgan fingerprint density at radius 2 is 1.23 bits per heavy atom. The Bertz CT molecular complexity index is 877. The molecule has 0 saturated carbocycles. The summed E-state index contributed by atoms with van der Waals surface area (Å²) < 4.78 is 0. The zero-order valence-corrected chi connectivity index (χ0v) is 13.4. The van der Waals surface area contributed by atoms with Crippen LogP contribution >= 0.6 is 0 Å². The van der Waals surface area contributed by atoms with Crippen molar-refractivity contribution in [1.82, 2.24) is 0 Å². The Morgan fingerprint density at radius 3 is 1.69 bits per heavy atom. The molecule has 2 atom stereocenters. The topological polar surface area (TPSA) is 127 Å². The van der Waals surface area contributed by atoms with E-state index in [4.69, 9.17) is 0 Å². The fourth-order valence-corrected chi connectivity index (χ4v) is 2.61. The standard InChI is InChI=1S/C17H14N4O5/c22-16-10-9-15(18-11-1-5-13(6-2-11)20(23)24)17(16)19-12-3-7-14(8-4-12)21(25)26/h1-10,15,17-19H/t15-,17+/m0/s1. The molecule has 1 aliphatic carbocycles. The fourth-order valence-electron chi connectivity index (χ4n) is 2.61. The van der Waals surface area contributed by atoms with Crippen molar-refractivity contribution in [2.24, 2.45) is 0 Å². The number of carbonyl (C=O) groups excluding carboxylic acids is 1. The van der Waals surface area contributed by atoms with Gasteiger partial charge in [-0.15, -0.1) is 0 Å². The predicted molar refractivity (Wildman–Crippen MR) is 95.2 cm³/mol. The Hall–Kier alpha value is -3.75. The quantitative estimate of drug-likeness (QED) is 0.603. The van der Waals surface area contributed by atoms with Gasteiger partial charge in [0.25, 0.3) is 11.4 Å². The van der Waals surface area contributed by atoms with Crippen LogP contribution < -0.4 is 10.6 Å². The summed E-state index contributed by atoms with van der Waals surface area (Å²) in [7, 11) is 0. The first kappa shape index (κ1) is 17.1. The molecule has 2 aromatic rings. The molecule has 0 spiro atoms. The van der Waals surface area contributed by atoms with Gasteiger partial charge in [0.05, 0.1) is 15.9 Å².